The molecule has 1 aromatic carbocycles. The van der Waals surface area contributed by atoms with E-state index in [0.717, 1.165) is 18.4 Å². The maximum atomic E-state index is 12.3. The molecule has 1 saturated carbocycles. The zero-order chi connectivity index (χ0) is 15.5. The molecule has 1 fully saturated rings. The number of rotatable bonds is 5. The van der Waals surface area contributed by atoms with Crippen LogP contribution in [0.5, 0.6) is 0 Å². The molecular weight excluding hydrogens is 276 g/mol. The van der Waals surface area contributed by atoms with Crippen molar-refractivity contribution in [1.29, 1.82) is 0 Å². The molecule has 4 heteroatoms. The second kappa shape index (κ2) is 6.18. The Kier molecular flexibility index (Phi) is 4.09. The molecule has 2 aromatic rings. The molecule has 1 aromatic heterocycles. The van der Waals surface area contributed by atoms with Crippen molar-refractivity contribution in [3.05, 3.63) is 70.1 Å². The Labute approximate surface area is 129 Å². The standard InChI is InChI=1S/C18H20N2O2/c1-13-5-7-14(8-6-13)18(15-9-10-15)19-16(21)12-20-11-3-2-4-17(20)22/h2-8,11,15,18H,9-10,12H2,1H3,(H,19,21). The molecule has 0 saturated heterocycles. The van der Waals surface area contributed by atoms with Crippen molar-refractivity contribution in [2.45, 2.75) is 32.4 Å². The number of carbonyl (C=O) groups excluding carboxylic acids is 1. The van der Waals surface area contributed by atoms with Gasteiger partial charge in [-0.15, -0.1) is 0 Å². The maximum absolute atomic E-state index is 12.3. The quantitative estimate of drug-likeness (QED) is 0.921. The van der Waals surface area contributed by atoms with E-state index in [-0.39, 0.29) is 24.1 Å². The van der Waals surface area contributed by atoms with Crippen LogP contribution in [0.1, 0.15) is 30.0 Å². The predicted molar refractivity (Wildman–Crippen MR) is 85.5 cm³/mol. The Morgan fingerprint density at radius 1 is 1.23 bits per heavy atom. The summed E-state index contributed by atoms with van der Waals surface area (Å²) in [6.07, 6.45) is 3.92. The van der Waals surface area contributed by atoms with E-state index in [0.29, 0.717) is 5.92 Å². The average Bonchev–Trinajstić information content (AvgIpc) is 3.33. The number of hydrogen-bond acceptors (Lipinski definition) is 2. The minimum absolute atomic E-state index is 0.0486. The van der Waals surface area contributed by atoms with Crippen LogP contribution in [0, 0.1) is 12.8 Å². The summed E-state index contributed by atoms with van der Waals surface area (Å²) in [5, 5.41) is 3.09. The van der Waals surface area contributed by atoms with Crippen molar-refractivity contribution in [2.75, 3.05) is 0 Å². The number of nitrogens with zero attached hydrogens (tertiary/aromatic N) is 1. The SMILES string of the molecule is Cc1ccc(C(NC(=O)Cn2ccccc2=O)C2CC2)cc1. The van der Waals surface area contributed by atoms with Gasteiger partial charge in [-0.25, -0.2) is 0 Å². The van der Waals surface area contributed by atoms with E-state index in [1.165, 1.54) is 16.2 Å². The summed E-state index contributed by atoms with van der Waals surface area (Å²) in [7, 11) is 0. The zero-order valence-corrected chi connectivity index (χ0v) is 12.7. The van der Waals surface area contributed by atoms with Crippen LogP contribution < -0.4 is 10.9 Å². The lowest BCUT2D eigenvalue weighted by Gasteiger charge is -2.19. The number of carbonyl (C=O) groups is 1. The molecular formula is C18H20N2O2. The average molecular weight is 296 g/mol. The number of amides is 1. The maximum Gasteiger partial charge on any atom is 0.250 e. The molecule has 114 valence electrons. The van der Waals surface area contributed by atoms with E-state index < -0.39 is 0 Å². The summed E-state index contributed by atoms with van der Waals surface area (Å²) < 4.78 is 1.43. The van der Waals surface area contributed by atoms with Gasteiger partial charge in [0.05, 0.1) is 6.04 Å². The first kappa shape index (κ1) is 14.6. The highest BCUT2D eigenvalue weighted by atomic mass is 16.2. The van der Waals surface area contributed by atoms with Gasteiger partial charge in [0.15, 0.2) is 0 Å². The van der Waals surface area contributed by atoms with E-state index in [2.05, 4.69) is 36.5 Å². The number of aryl methyl sites for hydroxylation is 1. The minimum Gasteiger partial charge on any atom is -0.347 e. The van der Waals surface area contributed by atoms with Crippen LogP contribution in [-0.4, -0.2) is 10.5 Å². The Morgan fingerprint density at radius 2 is 1.95 bits per heavy atom. The largest absolute Gasteiger partial charge is 0.347 e. The Balaban J connectivity index is 1.71. The van der Waals surface area contributed by atoms with Gasteiger partial charge in [0.1, 0.15) is 6.54 Å². The molecule has 1 amide bonds. The molecule has 0 radical (unpaired) electrons. The van der Waals surface area contributed by atoms with E-state index in [1.54, 1.807) is 18.3 Å². The molecule has 0 aliphatic heterocycles. The third-order valence-electron chi connectivity index (χ3n) is 4.06. The van der Waals surface area contributed by atoms with Gasteiger partial charge in [0.2, 0.25) is 5.91 Å². The molecule has 1 aliphatic carbocycles. The van der Waals surface area contributed by atoms with Gasteiger partial charge in [-0.3, -0.25) is 9.59 Å². The van der Waals surface area contributed by atoms with Gasteiger partial charge in [-0.05, 0) is 37.3 Å². The van der Waals surface area contributed by atoms with Gasteiger partial charge in [0, 0.05) is 12.3 Å². The van der Waals surface area contributed by atoms with E-state index in [9.17, 15) is 9.59 Å². The highest BCUT2D eigenvalue weighted by Gasteiger charge is 2.33. The second-order valence-corrected chi connectivity index (χ2v) is 5.96. The Morgan fingerprint density at radius 3 is 2.59 bits per heavy atom. The first-order valence-electron chi connectivity index (χ1n) is 7.65. The van der Waals surface area contributed by atoms with Crippen LogP contribution in [-0.2, 0) is 11.3 Å². The van der Waals surface area contributed by atoms with E-state index in [4.69, 9.17) is 0 Å². The van der Waals surface area contributed by atoms with Crippen LogP contribution in [0.4, 0.5) is 0 Å². The highest BCUT2D eigenvalue weighted by molar-refractivity contribution is 5.76. The fourth-order valence-corrected chi connectivity index (χ4v) is 2.64. The van der Waals surface area contributed by atoms with Crippen molar-refractivity contribution in [2.24, 2.45) is 5.92 Å². The van der Waals surface area contributed by atoms with Crippen molar-refractivity contribution < 1.29 is 4.79 Å². The molecule has 0 spiro atoms. The predicted octanol–water partition coefficient (Wildman–Crippen LogP) is 2.42. The lowest BCUT2D eigenvalue weighted by Crippen LogP contribution is -2.35. The third-order valence-corrected chi connectivity index (χ3v) is 4.06. The summed E-state index contributed by atoms with van der Waals surface area (Å²) in [4.78, 5) is 24.0. The number of hydrogen-bond donors (Lipinski definition) is 1. The summed E-state index contributed by atoms with van der Waals surface area (Å²) in [6.45, 7) is 2.12. The lowest BCUT2D eigenvalue weighted by atomic mass is 10.0. The monoisotopic (exact) mass is 296 g/mol. The van der Waals surface area contributed by atoms with Crippen LogP contribution in [0.3, 0.4) is 0 Å². The summed E-state index contributed by atoms with van der Waals surface area (Å²) in [6, 6.07) is 13.2. The fourth-order valence-electron chi connectivity index (χ4n) is 2.64. The summed E-state index contributed by atoms with van der Waals surface area (Å²) in [5.41, 5.74) is 2.19. The second-order valence-electron chi connectivity index (χ2n) is 5.96. The van der Waals surface area contributed by atoms with Crippen molar-refractivity contribution in [3.63, 3.8) is 0 Å². The Hall–Kier alpha value is -2.36. The van der Waals surface area contributed by atoms with Crippen LogP contribution in [0.15, 0.2) is 53.5 Å². The van der Waals surface area contributed by atoms with Gasteiger partial charge in [-0.2, -0.15) is 0 Å². The highest BCUT2D eigenvalue weighted by Crippen LogP contribution is 2.41. The Bertz CT molecular complexity index is 714. The molecule has 4 nitrogen and oxygen atoms in total. The van der Waals surface area contributed by atoms with Crippen LogP contribution in [0.2, 0.25) is 0 Å². The lowest BCUT2D eigenvalue weighted by molar-refractivity contribution is -0.122. The van der Waals surface area contributed by atoms with Gasteiger partial charge in [0.25, 0.3) is 5.56 Å². The number of nitrogens with one attached hydrogen (secondary N) is 1. The number of aromatic nitrogens is 1. The van der Waals surface area contributed by atoms with Gasteiger partial charge < -0.3 is 9.88 Å². The molecule has 22 heavy (non-hydrogen) atoms. The molecule has 1 atom stereocenters. The molecule has 1 aliphatic rings. The van der Waals surface area contributed by atoms with Crippen LogP contribution in [0.25, 0.3) is 0 Å². The minimum atomic E-state index is -0.157. The normalized spacial score (nSPS) is 15.3. The molecule has 0 bridgehead atoms. The van der Waals surface area contributed by atoms with Crippen molar-refractivity contribution >= 4 is 5.91 Å². The first-order valence-corrected chi connectivity index (χ1v) is 7.65. The first-order chi connectivity index (χ1) is 10.6. The van der Waals surface area contributed by atoms with Crippen molar-refractivity contribution in [1.82, 2.24) is 9.88 Å². The number of benzene rings is 1. The fraction of sp³-hybridized carbons (Fsp3) is 0.333. The third kappa shape index (κ3) is 3.45. The smallest absolute Gasteiger partial charge is 0.250 e. The van der Waals surface area contributed by atoms with Crippen LogP contribution >= 0.6 is 0 Å². The summed E-state index contributed by atoms with van der Waals surface area (Å²) >= 11 is 0. The van der Waals surface area contributed by atoms with Gasteiger partial charge in [-0.1, -0.05) is 35.9 Å². The van der Waals surface area contributed by atoms with E-state index >= 15 is 0 Å². The molecule has 1 unspecified atom stereocenters. The molecule has 1 N–H and O–H groups in total. The van der Waals surface area contributed by atoms with E-state index in [1.807, 2.05) is 0 Å². The zero-order valence-electron chi connectivity index (χ0n) is 12.7. The number of pyridine rings is 1. The van der Waals surface area contributed by atoms with Crippen molar-refractivity contribution in [3.8, 4) is 0 Å². The summed E-state index contributed by atoms with van der Waals surface area (Å²) in [5.74, 6) is 0.393. The topological polar surface area (TPSA) is 51.1 Å². The molecule has 1 heterocycles. The van der Waals surface area contributed by atoms with Gasteiger partial charge >= 0.3 is 0 Å². The molecule has 3 rings (SSSR count).